The summed E-state index contributed by atoms with van der Waals surface area (Å²) in [4.78, 5) is 21.4. The fraction of sp³-hybridized carbons (Fsp3) is 0.385. The highest BCUT2D eigenvalue weighted by Crippen LogP contribution is 2.23. The molecule has 0 amide bonds. The van der Waals surface area contributed by atoms with Crippen molar-refractivity contribution in [3.8, 4) is 0 Å². The highest BCUT2D eigenvalue weighted by atomic mass is 19.1. The first-order chi connectivity index (χ1) is 8.49. The minimum atomic E-state index is -0.938. The Morgan fingerprint density at radius 3 is 2.44 bits per heavy atom. The normalized spacial score (nSPS) is 11.9. The molecule has 1 aromatic carbocycles. The van der Waals surface area contributed by atoms with Gasteiger partial charge in [-0.1, -0.05) is 12.1 Å². The predicted molar refractivity (Wildman–Crippen MR) is 62.6 cm³/mol. The SMILES string of the molecule is CC(=O)OCC[C@H](CC(=O)O)c1ccc(F)cc1. The van der Waals surface area contributed by atoms with Gasteiger partial charge in [-0.25, -0.2) is 4.39 Å². The van der Waals surface area contributed by atoms with Crippen LogP contribution in [0.15, 0.2) is 24.3 Å². The smallest absolute Gasteiger partial charge is 0.303 e. The molecule has 0 saturated heterocycles. The molecule has 0 aliphatic rings. The first-order valence-electron chi connectivity index (χ1n) is 5.59. The van der Waals surface area contributed by atoms with Crippen LogP contribution < -0.4 is 0 Å². The number of carbonyl (C=O) groups is 2. The van der Waals surface area contributed by atoms with Gasteiger partial charge in [0.25, 0.3) is 0 Å². The molecule has 0 spiro atoms. The zero-order chi connectivity index (χ0) is 13.5. The fourth-order valence-electron chi connectivity index (χ4n) is 1.68. The molecule has 0 bridgehead atoms. The van der Waals surface area contributed by atoms with Crippen molar-refractivity contribution in [1.82, 2.24) is 0 Å². The summed E-state index contributed by atoms with van der Waals surface area (Å²) in [5, 5.41) is 8.83. The van der Waals surface area contributed by atoms with E-state index >= 15 is 0 Å². The van der Waals surface area contributed by atoms with E-state index in [1.165, 1.54) is 19.1 Å². The summed E-state index contributed by atoms with van der Waals surface area (Å²) in [5.74, 6) is -1.99. The lowest BCUT2D eigenvalue weighted by atomic mass is 9.93. The van der Waals surface area contributed by atoms with Crippen molar-refractivity contribution in [2.75, 3.05) is 6.61 Å². The molecule has 0 heterocycles. The topological polar surface area (TPSA) is 63.6 Å². The Morgan fingerprint density at radius 1 is 1.33 bits per heavy atom. The van der Waals surface area contributed by atoms with Crippen LogP contribution in [0.5, 0.6) is 0 Å². The third kappa shape index (κ3) is 4.95. The van der Waals surface area contributed by atoms with E-state index in [0.717, 1.165) is 5.56 Å². The number of carboxylic acids is 1. The Hall–Kier alpha value is -1.91. The summed E-state index contributed by atoms with van der Waals surface area (Å²) in [6, 6.07) is 5.68. The number of benzene rings is 1. The number of hydrogen-bond donors (Lipinski definition) is 1. The molecule has 1 atom stereocenters. The highest BCUT2D eigenvalue weighted by molar-refractivity contribution is 5.68. The van der Waals surface area contributed by atoms with Crippen molar-refractivity contribution in [2.45, 2.75) is 25.7 Å². The zero-order valence-corrected chi connectivity index (χ0v) is 10.1. The molecule has 0 aliphatic carbocycles. The lowest BCUT2D eigenvalue weighted by Gasteiger charge is -2.15. The summed E-state index contributed by atoms with van der Waals surface area (Å²) in [5.41, 5.74) is 0.728. The van der Waals surface area contributed by atoms with E-state index in [1.54, 1.807) is 12.1 Å². The first-order valence-corrected chi connectivity index (χ1v) is 5.59. The van der Waals surface area contributed by atoms with E-state index in [9.17, 15) is 14.0 Å². The highest BCUT2D eigenvalue weighted by Gasteiger charge is 2.16. The van der Waals surface area contributed by atoms with Gasteiger partial charge >= 0.3 is 11.9 Å². The molecular formula is C13H15FO4. The van der Waals surface area contributed by atoms with E-state index in [-0.39, 0.29) is 24.8 Å². The second-order valence-corrected chi connectivity index (χ2v) is 3.98. The fourth-order valence-corrected chi connectivity index (χ4v) is 1.68. The van der Waals surface area contributed by atoms with Crippen molar-refractivity contribution < 1.29 is 23.8 Å². The van der Waals surface area contributed by atoms with Crippen LogP contribution in [0.25, 0.3) is 0 Å². The number of rotatable bonds is 6. The molecular weight excluding hydrogens is 239 g/mol. The Morgan fingerprint density at radius 2 is 1.94 bits per heavy atom. The molecule has 0 unspecified atom stereocenters. The molecule has 1 aromatic rings. The summed E-state index contributed by atoms with van der Waals surface area (Å²) in [6.07, 6.45) is 0.324. The van der Waals surface area contributed by atoms with Gasteiger partial charge in [0, 0.05) is 6.92 Å². The minimum Gasteiger partial charge on any atom is -0.481 e. The van der Waals surface area contributed by atoms with Crippen LogP contribution in [0.1, 0.15) is 31.2 Å². The third-order valence-corrected chi connectivity index (χ3v) is 2.53. The van der Waals surface area contributed by atoms with Gasteiger partial charge in [-0.05, 0) is 30.0 Å². The van der Waals surface area contributed by atoms with E-state index in [2.05, 4.69) is 0 Å². The quantitative estimate of drug-likeness (QED) is 0.791. The van der Waals surface area contributed by atoms with E-state index in [4.69, 9.17) is 9.84 Å². The zero-order valence-electron chi connectivity index (χ0n) is 10.1. The molecule has 0 aliphatic heterocycles. The number of hydrogen-bond acceptors (Lipinski definition) is 3. The van der Waals surface area contributed by atoms with Crippen molar-refractivity contribution >= 4 is 11.9 Å². The number of ether oxygens (including phenoxy) is 1. The van der Waals surface area contributed by atoms with E-state index in [1.807, 2.05) is 0 Å². The predicted octanol–water partition coefficient (Wildman–Crippen LogP) is 2.34. The minimum absolute atomic E-state index is 0.0765. The molecule has 5 heteroatoms. The molecule has 0 aromatic heterocycles. The number of aliphatic carboxylic acids is 1. The van der Waals surface area contributed by atoms with Gasteiger partial charge in [0.1, 0.15) is 5.82 Å². The standard InChI is InChI=1S/C13H15FO4/c1-9(15)18-7-6-11(8-13(16)17)10-2-4-12(14)5-3-10/h2-5,11H,6-8H2,1H3,(H,16,17)/t11-/m1/s1. The van der Waals surface area contributed by atoms with Crippen LogP contribution in [0.3, 0.4) is 0 Å². The van der Waals surface area contributed by atoms with Crippen LogP contribution >= 0.6 is 0 Å². The molecule has 1 rings (SSSR count). The third-order valence-electron chi connectivity index (χ3n) is 2.53. The number of carbonyl (C=O) groups excluding carboxylic acids is 1. The summed E-state index contributed by atoms with van der Waals surface area (Å²) >= 11 is 0. The largest absolute Gasteiger partial charge is 0.481 e. The average molecular weight is 254 g/mol. The lowest BCUT2D eigenvalue weighted by Crippen LogP contribution is -2.11. The van der Waals surface area contributed by atoms with Crippen molar-refractivity contribution in [3.63, 3.8) is 0 Å². The van der Waals surface area contributed by atoms with Gasteiger partial charge in [-0.15, -0.1) is 0 Å². The van der Waals surface area contributed by atoms with Crippen LogP contribution in [0.2, 0.25) is 0 Å². The van der Waals surface area contributed by atoms with Crippen molar-refractivity contribution in [1.29, 1.82) is 0 Å². The van der Waals surface area contributed by atoms with Crippen LogP contribution in [0, 0.1) is 5.82 Å². The molecule has 18 heavy (non-hydrogen) atoms. The summed E-state index contributed by atoms with van der Waals surface area (Å²) in [6.45, 7) is 1.45. The van der Waals surface area contributed by atoms with Crippen molar-refractivity contribution in [3.05, 3.63) is 35.6 Å². The maximum atomic E-state index is 12.8. The lowest BCUT2D eigenvalue weighted by molar-refractivity contribution is -0.141. The number of halogens is 1. The second kappa shape index (κ2) is 6.74. The monoisotopic (exact) mass is 254 g/mol. The summed E-state index contributed by atoms with van der Waals surface area (Å²) < 4.78 is 17.6. The van der Waals surface area contributed by atoms with Gasteiger partial charge in [-0.2, -0.15) is 0 Å². The van der Waals surface area contributed by atoms with Crippen molar-refractivity contribution in [2.24, 2.45) is 0 Å². The number of esters is 1. The van der Waals surface area contributed by atoms with Gasteiger partial charge in [0.2, 0.25) is 0 Å². The average Bonchev–Trinajstić information content (AvgIpc) is 2.28. The number of carboxylic acid groups (broad SMARTS) is 1. The molecule has 98 valence electrons. The van der Waals surface area contributed by atoms with Crippen LogP contribution in [-0.4, -0.2) is 23.7 Å². The van der Waals surface area contributed by atoms with Gasteiger partial charge in [0.15, 0.2) is 0 Å². The van der Waals surface area contributed by atoms with Crippen LogP contribution in [0.4, 0.5) is 4.39 Å². The Bertz CT molecular complexity index is 414. The molecule has 0 fully saturated rings. The Labute approximate surface area is 104 Å². The van der Waals surface area contributed by atoms with E-state index < -0.39 is 11.9 Å². The maximum Gasteiger partial charge on any atom is 0.303 e. The molecule has 4 nitrogen and oxygen atoms in total. The molecule has 1 N–H and O–H groups in total. The maximum absolute atomic E-state index is 12.8. The molecule has 0 saturated carbocycles. The second-order valence-electron chi connectivity index (χ2n) is 3.98. The summed E-state index contributed by atoms with van der Waals surface area (Å²) in [7, 11) is 0. The Kier molecular flexibility index (Phi) is 5.30. The Balaban J connectivity index is 2.68. The van der Waals surface area contributed by atoms with Crippen LogP contribution in [-0.2, 0) is 14.3 Å². The van der Waals surface area contributed by atoms with Gasteiger partial charge in [0.05, 0.1) is 13.0 Å². The first kappa shape index (κ1) is 14.2. The molecule has 0 radical (unpaired) electrons. The van der Waals surface area contributed by atoms with E-state index in [0.29, 0.717) is 6.42 Å². The van der Waals surface area contributed by atoms with Gasteiger partial charge < -0.3 is 9.84 Å². The van der Waals surface area contributed by atoms with Gasteiger partial charge in [-0.3, -0.25) is 9.59 Å².